The lowest BCUT2D eigenvalue weighted by Crippen LogP contribution is -2.13. The van der Waals surface area contributed by atoms with E-state index in [-0.39, 0.29) is 5.91 Å². The summed E-state index contributed by atoms with van der Waals surface area (Å²) in [4.78, 5) is 13.6. The minimum absolute atomic E-state index is 0.186. The molecule has 0 spiro atoms. The molecule has 1 aromatic rings. The molecule has 0 aromatic carbocycles. The van der Waals surface area contributed by atoms with Gasteiger partial charge in [-0.3, -0.25) is 4.79 Å². The number of carbonyl (C=O) groups excluding carboxylic acids is 1. The van der Waals surface area contributed by atoms with E-state index >= 15 is 0 Å². The first kappa shape index (κ1) is 7.80. The van der Waals surface area contributed by atoms with Crippen molar-refractivity contribution < 1.29 is 4.79 Å². The number of hydrogen-bond donors (Lipinski definition) is 1. The monoisotopic (exact) mass is 181 g/mol. The predicted octanol–water partition coefficient (Wildman–Crippen LogP) is 1.66. The number of amides is 1. The van der Waals surface area contributed by atoms with Gasteiger partial charge in [-0.25, -0.2) is 0 Å². The smallest absolute Gasteiger partial charge is 0.220 e. The molecule has 64 valence electrons. The van der Waals surface area contributed by atoms with Crippen LogP contribution in [0.3, 0.4) is 0 Å². The van der Waals surface area contributed by atoms with Crippen molar-refractivity contribution in [1.29, 1.82) is 0 Å². The number of thiophene rings is 1. The molecule has 0 aliphatic carbocycles. The Hall–Kier alpha value is -0.830. The Kier molecular flexibility index (Phi) is 1.89. The lowest BCUT2D eigenvalue weighted by molar-refractivity contribution is -0.119. The maximum Gasteiger partial charge on any atom is 0.220 e. The van der Waals surface area contributed by atoms with Gasteiger partial charge in [-0.2, -0.15) is 0 Å². The Morgan fingerprint density at radius 3 is 2.92 bits per heavy atom. The summed E-state index contributed by atoms with van der Waals surface area (Å²) >= 11 is 1.79. The van der Waals surface area contributed by atoms with Crippen molar-refractivity contribution in [3.8, 4) is 0 Å². The summed E-state index contributed by atoms with van der Waals surface area (Å²) in [6, 6.07) is 4.24. The zero-order valence-corrected chi connectivity index (χ0v) is 7.78. The fourth-order valence-electron chi connectivity index (χ4n) is 1.48. The van der Waals surface area contributed by atoms with E-state index in [9.17, 15) is 4.79 Å². The van der Waals surface area contributed by atoms with E-state index in [2.05, 4.69) is 24.4 Å². The lowest BCUT2D eigenvalue weighted by Gasteiger charge is -2.01. The molecule has 1 atom stereocenters. The summed E-state index contributed by atoms with van der Waals surface area (Å²) in [5, 5.41) is 2.85. The first-order valence-electron chi connectivity index (χ1n) is 4.09. The molecule has 1 amide bonds. The second-order valence-corrected chi connectivity index (χ2v) is 4.47. The van der Waals surface area contributed by atoms with Gasteiger partial charge in [-0.05, 0) is 19.1 Å². The highest BCUT2D eigenvalue weighted by Gasteiger charge is 2.23. The topological polar surface area (TPSA) is 29.1 Å². The standard InChI is InChI=1S/C9H11NOS/c1-6-2-3-8(12-6)7-4-9(11)10-5-7/h2-3,7H,4-5H2,1H3,(H,10,11). The number of hydrogen-bond acceptors (Lipinski definition) is 2. The molecule has 1 N–H and O–H groups in total. The molecule has 1 fully saturated rings. The molecule has 1 aromatic heterocycles. The number of rotatable bonds is 1. The van der Waals surface area contributed by atoms with Crippen LogP contribution >= 0.6 is 11.3 Å². The van der Waals surface area contributed by atoms with Gasteiger partial charge in [-0.1, -0.05) is 0 Å². The summed E-state index contributed by atoms with van der Waals surface area (Å²) in [6.07, 6.45) is 0.667. The highest BCUT2D eigenvalue weighted by Crippen LogP contribution is 2.28. The lowest BCUT2D eigenvalue weighted by atomic mass is 10.1. The number of nitrogens with one attached hydrogen (secondary N) is 1. The fourth-order valence-corrected chi connectivity index (χ4v) is 2.46. The van der Waals surface area contributed by atoms with Crippen LogP contribution in [0.4, 0.5) is 0 Å². The van der Waals surface area contributed by atoms with E-state index < -0.39 is 0 Å². The molecular formula is C9H11NOS. The minimum Gasteiger partial charge on any atom is -0.355 e. The van der Waals surface area contributed by atoms with Crippen molar-refractivity contribution in [3.63, 3.8) is 0 Å². The van der Waals surface area contributed by atoms with Crippen molar-refractivity contribution in [1.82, 2.24) is 5.32 Å². The van der Waals surface area contributed by atoms with Crippen molar-refractivity contribution in [2.45, 2.75) is 19.3 Å². The Morgan fingerprint density at radius 1 is 1.58 bits per heavy atom. The summed E-state index contributed by atoms with van der Waals surface area (Å²) in [5.74, 6) is 0.613. The van der Waals surface area contributed by atoms with Gasteiger partial charge < -0.3 is 5.32 Å². The van der Waals surface area contributed by atoms with Crippen molar-refractivity contribution in [2.24, 2.45) is 0 Å². The molecule has 1 aliphatic heterocycles. The van der Waals surface area contributed by atoms with Gasteiger partial charge >= 0.3 is 0 Å². The molecular weight excluding hydrogens is 170 g/mol. The second-order valence-electron chi connectivity index (χ2n) is 3.15. The van der Waals surface area contributed by atoms with E-state index in [1.165, 1.54) is 9.75 Å². The molecule has 0 radical (unpaired) electrons. The zero-order chi connectivity index (χ0) is 8.55. The van der Waals surface area contributed by atoms with Gasteiger partial charge in [0.2, 0.25) is 5.91 Å². The third kappa shape index (κ3) is 1.37. The second kappa shape index (κ2) is 2.90. The summed E-state index contributed by atoms with van der Waals surface area (Å²) in [7, 11) is 0. The van der Waals surface area contributed by atoms with Crippen LogP contribution in [0.5, 0.6) is 0 Å². The largest absolute Gasteiger partial charge is 0.355 e. The first-order chi connectivity index (χ1) is 5.75. The van der Waals surface area contributed by atoms with Crippen LogP contribution in [-0.4, -0.2) is 12.5 Å². The van der Waals surface area contributed by atoms with Crippen LogP contribution in [0.15, 0.2) is 12.1 Å². The molecule has 1 saturated heterocycles. The summed E-state index contributed by atoms with van der Waals surface area (Å²) in [6.45, 7) is 2.91. The van der Waals surface area contributed by atoms with E-state index in [0.29, 0.717) is 12.3 Å². The highest BCUT2D eigenvalue weighted by molar-refractivity contribution is 7.12. The molecule has 2 nitrogen and oxygen atoms in total. The van der Waals surface area contributed by atoms with Crippen LogP contribution in [0.2, 0.25) is 0 Å². The van der Waals surface area contributed by atoms with E-state index in [4.69, 9.17) is 0 Å². The van der Waals surface area contributed by atoms with E-state index in [1.807, 2.05) is 0 Å². The van der Waals surface area contributed by atoms with Crippen molar-refractivity contribution >= 4 is 17.2 Å². The zero-order valence-electron chi connectivity index (χ0n) is 6.96. The Bertz CT molecular complexity index is 305. The van der Waals surface area contributed by atoms with Gasteiger partial charge in [0.15, 0.2) is 0 Å². The van der Waals surface area contributed by atoms with Gasteiger partial charge in [0, 0.05) is 28.6 Å². The molecule has 3 heteroatoms. The van der Waals surface area contributed by atoms with Gasteiger partial charge in [0.25, 0.3) is 0 Å². The Morgan fingerprint density at radius 2 is 2.42 bits per heavy atom. The molecule has 12 heavy (non-hydrogen) atoms. The summed E-state index contributed by atoms with van der Waals surface area (Å²) < 4.78 is 0. The normalized spacial score (nSPS) is 22.8. The Balaban J connectivity index is 2.15. The molecule has 2 heterocycles. The van der Waals surface area contributed by atoms with Gasteiger partial charge in [0.1, 0.15) is 0 Å². The van der Waals surface area contributed by atoms with Crippen LogP contribution in [0.1, 0.15) is 22.1 Å². The van der Waals surface area contributed by atoms with E-state index in [1.54, 1.807) is 11.3 Å². The van der Waals surface area contributed by atoms with Crippen LogP contribution in [0, 0.1) is 6.92 Å². The van der Waals surface area contributed by atoms with Crippen LogP contribution < -0.4 is 5.32 Å². The van der Waals surface area contributed by atoms with Crippen LogP contribution in [0.25, 0.3) is 0 Å². The van der Waals surface area contributed by atoms with Gasteiger partial charge in [-0.15, -0.1) is 11.3 Å². The molecule has 0 saturated carbocycles. The number of carbonyl (C=O) groups is 1. The highest BCUT2D eigenvalue weighted by atomic mass is 32.1. The minimum atomic E-state index is 0.186. The molecule has 1 unspecified atom stereocenters. The van der Waals surface area contributed by atoms with E-state index in [0.717, 1.165) is 6.54 Å². The average Bonchev–Trinajstić information content (AvgIpc) is 2.58. The van der Waals surface area contributed by atoms with Crippen molar-refractivity contribution in [3.05, 3.63) is 21.9 Å². The first-order valence-corrected chi connectivity index (χ1v) is 4.90. The fraction of sp³-hybridized carbons (Fsp3) is 0.444. The quantitative estimate of drug-likeness (QED) is 0.701. The van der Waals surface area contributed by atoms with Crippen molar-refractivity contribution in [2.75, 3.05) is 6.54 Å². The third-order valence-electron chi connectivity index (χ3n) is 2.14. The maximum atomic E-state index is 10.9. The van der Waals surface area contributed by atoms with Gasteiger partial charge in [0.05, 0.1) is 0 Å². The number of aryl methyl sites for hydroxylation is 1. The molecule has 2 rings (SSSR count). The average molecular weight is 181 g/mol. The third-order valence-corrected chi connectivity index (χ3v) is 3.30. The summed E-state index contributed by atoms with van der Waals surface area (Å²) in [5.41, 5.74) is 0. The van der Waals surface area contributed by atoms with Crippen LogP contribution in [-0.2, 0) is 4.79 Å². The molecule has 0 bridgehead atoms. The maximum absolute atomic E-state index is 10.9. The SMILES string of the molecule is Cc1ccc(C2CNC(=O)C2)s1. The molecule has 1 aliphatic rings. The Labute approximate surface area is 75.6 Å². The predicted molar refractivity (Wildman–Crippen MR) is 49.4 cm³/mol.